The number of benzene rings is 1. The van der Waals surface area contributed by atoms with E-state index in [1.54, 1.807) is 12.4 Å². The van der Waals surface area contributed by atoms with Crippen LogP contribution < -0.4 is 0 Å². The van der Waals surface area contributed by atoms with Gasteiger partial charge in [-0.05, 0) is 62.1 Å². The monoisotopic (exact) mass is 393 g/mol. The zero-order valence-electron chi connectivity index (χ0n) is 16.1. The smallest absolute Gasteiger partial charge is 0.233 e. The molecule has 0 bridgehead atoms. The summed E-state index contributed by atoms with van der Waals surface area (Å²) in [4.78, 5) is 18.5. The van der Waals surface area contributed by atoms with Gasteiger partial charge < -0.3 is 4.90 Å². The van der Waals surface area contributed by atoms with Crippen LogP contribution in [0.25, 0.3) is 17.1 Å². The highest BCUT2D eigenvalue weighted by atomic mass is 32.2. The van der Waals surface area contributed by atoms with Gasteiger partial charge in [0.15, 0.2) is 11.0 Å². The summed E-state index contributed by atoms with van der Waals surface area (Å²) in [6.07, 6.45) is 5.69. The van der Waals surface area contributed by atoms with E-state index in [0.717, 1.165) is 48.2 Å². The number of aryl methyl sites for hydroxylation is 2. The lowest BCUT2D eigenvalue weighted by atomic mass is 10.1. The minimum absolute atomic E-state index is 0.169. The number of hydrogen-bond acceptors (Lipinski definition) is 5. The minimum Gasteiger partial charge on any atom is -0.342 e. The zero-order chi connectivity index (χ0) is 19.5. The van der Waals surface area contributed by atoms with Gasteiger partial charge in [-0.1, -0.05) is 17.8 Å². The minimum atomic E-state index is 0.169. The normalized spacial score (nSPS) is 13.9. The molecule has 7 heteroatoms. The topological polar surface area (TPSA) is 63.9 Å². The highest BCUT2D eigenvalue weighted by Gasteiger charge is 2.21. The van der Waals surface area contributed by atoms with Gasteiger partial charge >= 0.3 is 0 Å². The van der Waals surface area contributed by atoms with Gasteiger partial charge in [-0.2, -0.15) is 0 Å². The van der Waals surface area contributed by atoms with Crippen molar-refractivity contribution < 1.29 is 4.79 Å². The zero-order valence-corrected chi connectivity index (χ0v) is 16.9. The SMILES string of the molecule is Cc1ccc(-n2c(SCC(=O)N3CCCC3)nnc2-c2ccncc2)cc1C. The highest BCUT2D eigenvalue weighted by Crippen LogP contribution is 2.29. The summed E-state index contributed by atoms with van der Waals surface area (Å²) in [5, 5.41) is 9.56. The van der Waals surface area contributed by atoms with Crippen LogP contribution >= 0.6 is 11.8 Å². The van der Waals surface area contributed by atoms with E-state index in [-0.39, 0.29) is 5.91 Å². The first kappa shape index (κ1) is 18.7. The molecule has 28 heavy (non-hydrogen) atoms. The van der Waals surface area contributed by atoms with Crippen molar-refractivity contribution in [3.63, 3.8) is 0 Å². The molecule has 1 amide bonds. The molecule has 4 rings (SSSR count). The first-order valence-corrected chi connectivity index (χ1v) is 10.5. The predicted molar refractivity (Wildman–Crippen MR) is 111 cm³/mol. The number of likely N-dealkylation sites (tertiary alicyclic amines) is 1. The van der Waals surface area contributed by atoms with Crippen LogP contribution in [0.3, 0.4) is 0 Å². The highest BCUT2D eigenvalue weighted by molar-refractivity contribution is 7.99. The number of amides is 1. The molecule has 3 heterocycles. The number of aromatic nitrogens is 4. The lowest BCUT2D eigenvalue weighted by molar-refractivity contribution is -0.127. The maximum atomic E-state index is 12.5. The Balaban J connectivity index is 1.68. The van der Waals surface area contributed by atoms with Crippen molar-refractivity contribution in [2.24, 2.45) is 0 Å². The quantitative estimate of drug-likeness (QED) is 0.619. The fourth-order valence-electron chi connectivity index (χ4n) is 3.33. The molecule has 1 fully saturated rings. The summed E-state index contributed by atoms with van der Waals surface area (Å²) in [6, 6.07) is 10.2. The molecule has 6 nitrogen and oxygen atoms in total. The van der Waals surface area contributed by atoms with E-state index in [1.807, 2.05) is 21.6 Å². The average Bonchev–Trinajstić information content (AvgIpc) is 3.39. The van der Waals surface area contributed by atoms with Gasteiger partial charge in [-0.25, -0.2) is 0 Å². The van der Waals surface area contributed by atoms with Crippen LogP contribution in [0.2, 0.25) is 0 Å². The molecule has 1 aliphatic heterocycles. The van der Waals surface area contributed by atoms with Gasteiger partial charge in [0.1, 0.15) is 0 Å². The molecule has 0 spiro atoms. The van der Waals surface area contributed by atoms with Crippen molar-refractivity contribution in [3.8, 4) is 17.1 Å². The molecule has 144 valence electrons. The molecule has 1 saturated heterocycles. The number of nitrogens with zero attached hydrogens (tertiary/aromatic N) is 5. The van der Waals surface area contributed by atoms with Crippen LogP contribution in [0, 0.1) is 13.8 Å². The molecule has 0 aliphatic carbocycles. The standard InChI is InChI=1S/C21H23N5OS/c1-15-5-6-18(13-16(15)2)26-20(17-7-9-22-10-8-17)23-24-21(26)28-14-19(27)25-11-3-4-12-25/h5-10,13H,3-4,11-12,14H2,1-2H3. The molecule has 1 aromatic carbocycles. The molecular formula is C21H23N5OS. The second-order valence-corrected chi connectivity index (χ2v) is 7.97. The van der Waals surface area contributed by atoms with Crippen molar-refractivity contribution in [1.29, 1.82) is 0 Å². The van der Waals surface area contributed by atoms with Crippen molar-refractivity contribution in [1.82, 2.24) is 24.6 Å². The van der Waals surface area contributed by atoms with E-state index >= 15 is 0 Å². The summed E-state index contributed by atoms with van der Waals surface area (Å²) < 4.78 is 2.03. The Bertz CT molecular complexity index is 980. The van der Waals surface area contributed by atoms with E-state index in [1.165, 1.54) is 22.9 Å². The van der Waals surface area contributed by atoms with Crippen molar-refractivity contribution in [3.05, 3.63) is 53.9 Å². The lowest BCUT2D eigenvalue weighted by Crippen LogP contribution is -2.29. The number of hydrogen-bond donors (Lipinski definition) is 0. The third-order valence-electron chi connectivity index (χ3n) is 5.10. The van der Waals surface area contributed by atoms with Crippen LogP contribution in [0.5, 0.6) is 0 Å². The van der Waals surface area contributed by atoms with E-state index in [2.05, 4.69) is 47.2 Å². The lowest BCUT2D eigenvalue weighted by Gasteiger charge is -2.15. The van der Waals surface area contributed by atoms with Gasteiger partial charge in [0.05, 0.1) is 11.4 Å². The van der Waals surface area contributed by atoms with Crippen LogP contribution in [-0.2, 0) is 4.79 Å². The van der Waals surface area contributed by atoms with Crippen molar-refractivity contribution in [2.45, 2.75) is 31.8 Å². The molecule has 0 atom stereocenters. The molecule has 0 unspecified atom stereocenters. The predicted octanol–water partition coefficient (Wildman–Crippen LogP) is 3.66. The first-order chi connectivity index (χ1) is 13.6. The average molecular weight is 394 g/mol. The summed E-state index contributed by atoms with van der Waals surface area (Å²) in [7, 11) is 0. The Kier molecular flexibility index (Phi) is 5.43. The van der Waals surface area contributed by atoms with Crippen molar-refractivity contribution in [2.75, 3.05) is 18.8 Å². The first-order valence-electron chi connectivity index (χ1n) is 9.47. The second-order valence-electron chi connectivity index (χ2n) is 7.02. The molecule has 0 saturated carbocycles. The fraction of sp³-hybridized carbons (Fsp3) is 0.333. The van der Waals surface area contributed by atoms with Gasteiger partial charge in [-0.15, -0.1) is 10.2 Å². The summed E-state index contributed by atoms with van der Waals surface area (Å²) in [5.41, 5.74) is 4.38. The molecule has 0 radical (unpaired) electrons. The Labute approximate surface area is 169 Å². The summed E-state index contributed by atoms with van der Waals surface area (Å²) in [5.74, 6) is 1.30. The van der Waals surface area contributed by atoms with Crippen LogP contribution in [-0.4, -0.2) is 49.4 Å². The maximum absolute atomic E-state index is 12.5. The summed E-state index contributed by atoms with van der Waals surface area (Å²) >= 11 is 1.44. The maximum Gasteiger partial charge on any atom is 0.233 e. The van der Waals surface area contributed by atoms with Gasteiger partial charge in [0, 0.05) is 31.0 Å². The van der Waals surface area contributed by atoms with Gasteiger partial charge in [0.2, 0.25) is 5.91 Å². The Morgan fingerprint density at radius 1 is 1.04 bits per heavy atom. The third-order valence-corrected chi connectivity index (χ3v) is 6.02. The largest absolute Gasteiger partial charge is 0.342 e. The van der Waals surface area contributed by atoms with E-state index in [0.29, 0.717) is 5.75 Å². The third kappa shape index (κ3) is 3.80. The molecule has 3 aromatic rings. The Morgan fingerprint density at radius 2 is 1.79 bits per heavy atom. The van der Waals surface area contributed by atoms with E-state index < -0.39 is 0 Å². The van der Waals surface area contributed by atoms with Crippen molar-refractivity contribution >= 4 is 17.7 Å². The van der Waals surface area contributed by atoms with Gasteiger partial charge in [0.25, 0.3) is 0 Å². The Morgan fingerprint density at radius 3 is 2.50 bits per heavy atom. The second kappa shape index (κ2) is 8.14. The number of carbonyl (C=O) groups is 1. The van der Waals surface area contributed by atoms with Crippen LogP contribution in [0.15, 0.2) is 47.9 Å². The molecule has 0 N–H and O–H groups in total. The Hall–Kier alpha value is -2.67. The summed E-state index contributed by atoms with van der Waals surface area (Å²) in [6.45, 7) is 5.93. The van der Waals surface area contributed by atoms with Crippen LogP contribution in [0.1, 0.15) is 24.0 Å². The number of carbonyl (C=O) groups excluding carboxylic acids is 1. The number of rotatable bonds is 5. The van der Waals surface area contributed by atoms with Gasteiger partial charge in [-0.3, -0.25) is 14.3 Å². The fourth-order valence-corrected chi connectivity index (χ4v) is 4.19. The molecule has 2 aromatic heterocycles. The number of pyridine rings is 1. The molecular weight excluding hydrogens is 370 g/mol. The molecule has 1 aliphatic rings. The van der Waals surface area contributed by atoms with E-state index in [4.69, 9.17) is 0 Å². The number of thioether (sulfide) groups is 1. The van der Waals surface area contributed by atoms with Crippen LogP contribution in [0.4, 0.5) is 0 Å². The van der Waals surface area contributed by atoms with E-state index in [9.17, 15) is 4.79 Å².